The van der Waals surface area contributed by atoms with Gasteiger partial charge in [0.2, 0.25) is 0 Å². The van der Waals surface area contributed by atoms with Crippen LogP contribution in [0, 0.1) is 0 Å². The van der Waals surface area contributed by atoms with Gasteiger partial charge in [0.1, 0.15) is 18.0 Å². The fourth-order valence-electron chi connectivity index (χ4n) is 2.01. The number of rotatable bonds is 9. The van der Waals surface area contributed by atoms with Crippen molar-refractivity contribution in [3.8, 4) is 0 Å². The number of hydrogen-bond acceptors (Lipinski definition) is 5. The normalized spacial score (nSPS) is 12.5. The second-order valence-electron chi connectivity index (χ2n) is 5.27. The van der Waals surface area contributed by atoms with E-state index in [1.165, 1.54) is 0 Å². The van der Waals surface area contributed by atoms with Crippen LogP contribution in [0.1, 0.15) is 52.5 Å². The third-order valence-electron chi connectivity index (χ3n) is 2.96. The monoisotopic (exact) mass is 280 g/mol. The standard InChI is InChI=1S/C15H28N4O/c1-6-8-16-14-13(11(3)4)15(18-10-17-14)19-12(5)9-20-7-2/h10-12H,6-9H2,1-5H3,(H2,16,17,18,19). The minimum Gasteiger partial charge on any atom is -0.380 e. The Bertz CT molecular complexity index is 395. The summed E-state index contributed by atoms with van der Waals surface area (Å²) >= 11 is 0. The van der Waals surface area contributed by atoms with Gasteiger partial charge in [-0.25, -0.2) is 9.97 Å². The number of nitrogens with one attached hydrogen (secondary N) is 2. The first-order valence-corrected chi connectivity index (χ1v) is 7.53. The molecule has 0 aliphatic heterocycles. The highest BCUT2D eigenvalue weighted by atomic mass is 16.5. The Morgan fingerprint density at radius 3 is 2.45 bits per heavy atom. The molecule has 0 amide bonds. The molecule has 0 radical (unpaired) electrons. The van der Waals surface area contributed by atoms with Gasteiger partial charge < -0.3 is 15.4 Å². The van der Waals surface area contributed by atoms with E-state index < -0.39 is 0 Å². The third kappa shape index (κ3) is 4.96. The minimum absolute atomic E-state index is 0.223. The molecule has 114 valence electrons. The van der Waals surface area contributed by atoms with Crippen LogP contribution in [0.25, 0.3) is 0 Å². The predicted octanol–water partition coefficient (Wildman–Crippen LogP) is 3.26. The zero-order valence-electron chi connectivity index (χ0n) is 13.4. The van der Waals surface area contributed by atoms with Crippen molar-refractivity contribution >= 4 is 11.6 Å². The van der Waals surface area contributed by atoms with Gasteiger partial charge in [0.25, 0.3) is 0 Å². The van der Waals surface area contributed by atoms with Crippen LogP contribution in [0.5, 0.6) is 0 Å². The molecule has 1 atom stereocenters. The Morgan fingerprint density at radius 2 is 1.85 bits per heavy atom. The van der Waals surface area contributed by atoms with Gasteiger partial charge in [-0.05, 0) is 26.2 Å². The summed E-state index contributed by atoms with van der Waals surface area (Å²) < 4.78 is 5.44. The molecule has 1 heterocycles. The average Bonchev–Trinajstić information content (AvgIpc) is 2.42. The number of anilines is 2. The summed E-state index contributed by atoms with van der Waals surface area (Å²) in [4.78, 5) is 8.77. The topological polar surface area (TPSA) is 59.1 Å². The number of hydrogen-bond donors (Lipinski definition) is 2. The van der Waals surface area contributed by atoms with Gasteiger partial charge in [-0.15, -0.1) is 0 Å². The molecule has 1 aromatic heterocycles. The van der Waals surface area contributed by atoms with Crippen molar-refractivity contribution in [3.05, 3.63) is 11.9 Å². The lowest BCUT2D eigenvalue weighted by atomic mass is 10.0. The first-order chi connectivity index (χ1) is 9.60. The van der Waals surface area contributed by atoms with E-state index in [1.807, 2.05) is 6.92 Å². The molecule has 0 aromatic carbocycles. The molecule has 0 fully saturated rings. The highest BCUT2D eigenvalue weighted by Crippen LogP contribution is 2.28. The van der Waals surface area contributed by atoms with Crippen LogP contribution in [0.4, 0.5) is 11.6 Å². The second-order valence-corrected chi connectivity index (χ2v) is 5.27. The van der Waals surface area contributed by atoms with Gasteiger partial charge in [-0.3, -0.25) is 0 Å². The third-order valence-corrected chi connectivity index (χ3v) is 2.96. The molecule has 0 bridgehead atoms. The number of aromatic nitrogens is 2. The molecule has 0 aliphatic carbocycles. The molecule has 2 N–H and O–H groups in total. The predicted molar refractivity (Wildman–Crippen MR) is 84.5 cm³/mol. The molecule has 0 saturated carbocycles. The van der Waals surface area contributed by atoms with Crippen LogP contribution in [-0.2, 0) is 4.74 Å². The van der Waals surface area contributed by atoms with Gasteiger partial charge >= 0.3 is 0 Å². The number of ether oxygens (including phenoxy) is 1. The van der Waals surface area contributed by atoms with Crippen LogP contribution in [0.3, 0.4) is 0 Å². The first-order valence-electron chi connectivity index (χ1n) is 7.53. The maximum atomic E-state index is 5.44. The summed E-state index contributed by atoms with van der Waals surface area (Å²) in [6.45, 7) is 12.9. The summed E-state index contributed by atoms with van der Waals surface area (Å²) in [6.07, 6.45) is 2.69. The van der Waals surface area contributed by atoms with E-state index in [4.69, 9.17) is 4.74 Å². The molecule has 0 saturated heterocycles. The molecular formula is C15H28N4O. The first kappa shape index (κ1) is 16.7. The largest absolute Gasteiger partial charge is 0.380 e. The van der Waals surface area contributed by atoms with Gasteiger partial charge in [0, 0.05) is 24.8 Å². The van der Waals surface area contributed by atoms with E-state index in [2.05, 4.69) is 48.3 Å². The fourth-order valence-corrected chi connectivity index (χ4v) is 2.01. The lowest BCUT2D eigenvalue weighted by Crippen LogP contribution is -2.24. The maximum Gasteiger partial charge on any atom is 0.135 e. The zero-order chi connectivity index (χ0) is 15.0. The van der Waals surface area contributed by atoms with E-state index in [-0.39, 0.29) is 6.04 Å². The Balaban J connectivity index is 2.88. The molecule has 0 spiro atoms. The van der Waals surface area contributed by atoms with Gasteiger partial charge in [0.05, 0.1) is 6.61 Å². The SMILES string of the molecule is CCCNc1ncnc(NC(C)COCC)c1C(C)C. The van der Waals surface area contributed by atoms with Crippen molar-refractivity contribution in [3.63, 3.8) is 0 Å². The highest BCUT2D eigenvalue weighted by Gasteiger charge is 2.16. The fraction of sp³-hybridized carbons (Fsp3) is 0.733. The second kappa shape index (κ2) is 8.74. The molecule has 5 nitrogen and oxygen atoms in total. The minimum atomic E-state index is 0.223. The van der Waals surface area contributed by atoms with Crippen LogP contribution in [0.15, 0.2) is 6.33 Å². The molecular weight excluding hydrogens is 252 g/mol. The van der Waals surface area contributed by atoms with Crippen LogP contribution >= 0.6 is 0 Å². The van der Waals surface area contributed by atoms with Crippen molar-refractivity contribution in [2.75, 3.05) is 30.4 Å². The van der Waals surface area contributed by atoms with E-state index in [0.717, 1.165) is 36.8 Å². The Labute approximate surface area is 122 Å². The van der Waals surface area contributed by atoms with Crippen molar-refractivity contribution in [2.24, 2.45) is 0 Å². The van der Waals surface area contributed by atoms with E-state index in [9.17, 15) is 0 Å². The zero-order valence-corrected chi connectivity index (χ0v) is 13.4. The average molecular weight is 280 g/mol. The van der Waals surface area contributed by atoms with Crippen molar-refractivity contribution in [2.45, 2.75) is 53.0 Å². The summed E-state index contributed by atoms with van der Waals surface area (Å²) in [5, 5.41) is 6.81. The van der Waals surface area contributed by atoms with Crippen molar-refractivity contribution < 1.29 is 4.74 Å². The highest BCUT2D eigenvalue weighted by molar-refractivity contribution is 5.59. The van der Waals surface area contributed by atoms with Gasteiger partial charge in [-0.1, -0.05) is 20.8 Å². The van der Waals surface area contributed by atoms with E-state index in [1.54, 1.807) is 6.33 Å². The van der Waals surface area contributed by atoms with Gasteiger partial charge in [-0.2, -0.15) is 0 Å². The Morgan fingerprint density at radius 1 is 1.15 bits per heavy atom. The van der Waals surface area contributed by atoms with E-state index in [0.29, 0.717) is 12.5 Å². The van der Waals surface area contributed by atoms with Crippen LogP contribution < -0.4 is 10.6 Å². The summed E-state index contributed by atoms with van der Waals surface area (Å²) in [6, 6.07) is 0.223. The summed E-state index contributed by atoms with van der Waals surface area (Å²) in [7, 11) is 0. The lowest BCUT2D eigenvalue weighted by Gasteiger charge is -2.20. The smallest absolute Gasteiger partial charge is 0.135 e. The summed E-state index contributed by atoms with van der Waals surface area (Å²) in [5.41, 5.74) is 1.14. The van der Waals surface area contributed by atoms with Crippen LogP contribution in [-0.4, -0.2) is 35.8 Å². The molecule has 0 aliphatic rings. The van der Waals surface area contributed by atoms with Crippen LogP contribution in [0.2, 0.25) is 0 Å². The molecule has 20 heavy (non-hydrogen) atoms. The number of nitrogens with zero attached hydrogens (tertiary/aromatic N) is 2. The molecule has 1 aromatic rings. The van der Waals surface area contributed by atoms with Crippen molar-refractivity contribution in [1.82, 2.24) is 9.97 Å². The van der Waals surface area contributed by atoms with E-state index >= 15 is 0 Å². The maximum absolute atomic E-state index is 5.44. The molecule has 1 unspecified atom stereocenters. The Hall–Kier alpha value is -1.36. The molecule has 1 rings (SSSR count). The lowest BCUT2D eigenvalue weighted by molar-refractivity contribution is 0.141. The Kier molecular flexibility index (Phi) is 7.30. The van der Waals surface area contributed by atoms with Crippen molar-refractivity contribution in [1.29, 1.82) is 0 Å². The molecule has 5 heteroatoms. The van der Waals surface area contributed by atoms with Gasteiger partial charge in [0.15, 0.2) is 0 Å². The summed E-state index contributed by atoms with van der Waals surface area (Å²) in [5.74, 6) is 2.20. The quantitative estimate of drug-likeness (QED) is 0.727.